The first-order valence-electron chi connectivity index (χ1n) is 11.0. The monoisotopic (exact) mass is 415 g/mol. The Kier molecular flexibility index (Phi) is 8.87. The summed E-state index contributed by atoms with van der Waals surface area (Å²) in [5.41, 5.74) is 10.0. The molecule has 0 atom stereocenters. The molecule has 31 heavy (non-hydrogen) atoms. The molecule has 0 aliphatic carbocycles. The SMILES string of the molecule is C=CN(/C=C\C)c1ccc(C2=CCC(C)=N2)cc1.CCN(C)c1cc(C)c(C)cc1C. The van der Waals surface area contributed by atoms with Crippen LogP contribution in [0.15, 0.2) is 72.5 Å². The second kappa shape index (κ2) is 11.4. The topological polar surface area (TPSA) is 18.8 Å². The van der Waals surface area contributed by atoms with E-state index in [1.807, 2.05) is 24.1 Å². The predicted octanol–water partition coefficient (Wildman–Crippen LogP) is 7.44. The number of allylic oxidation sites excluding steroid dienone is 2. The zero-order chi connectivity index (χ0) is 23.0. The molecule has 3 nitrogen and oxygen atoms in total. The zero-order valence-electron chi connectivity index (χ0n) is 20.2. The van der Waals surface area contributed by atoms with Crippen molar-refractivity contribution in [2.45, 2.75) is 48.0 Å². The third kappa shape index (κ3) is 6.45. The van der Waals surface area contributed by atoms with E-state index < -0.39 is 0 Å². The van der Waals surface area contributed by atoms with E-state index in [4.69, 9.17) is 0 Å². The van der Waals surface area contributed by atoms with Crippen LogP contribution in [0.25, 0.3) is 5.70 Å². The standard InChI is InChI=1S/C16H18N2.C12H19N/c1-4-12-18(5-2)15-9-7-14(8-10-15)16-11-6-13(3)17-16;1-6-13(5)12-8-10(3)9(2)7-11(12)4/h4-5,7-12H,2,6H2,1,3H3;7-8H,6H2,1-5H3/b12-4-;. The van der Waals surface area contributed by atoms with Crippen LogP contribution in [0.2, 0.25) is 0 Å². The van der Waals surface area contributed by atoms with Gasteiger partial charge in [-0.2, -0.15) is 0 Å². The van der Waals surface area contributed by atoms with Crippen LogP contribution in [0.1, 0.15) is 49.4 Å². The van der Waals surface area contributed by atoms with E-state index >= 15 is 0 Å². The molecule has 0 aromatic heterocycles. The van der Waals surface area contributed by atoms with Crippen LogP contribution in [-0.2, 0) is 0 Å². The molecule has 0 spiro atoms. The average Bonchev–Trinajstić information content (AvgIpc) is 3.21. The molecule has 2 aromatic carbocycles. The summed E-state index contributed by atoms with van der Waals surface area (Å²) in [4.78, 5) is 8.79. The van der Waals surface area contributed by atoms with Gasteiger partial charge in [-0.25, -0.2) is 0 Å². The van der Waals surface area contributed by atoms with E-state index in [1.54, 1.807) is 6.20 Å². The summed E-state index contributed by atoms with van der Waals surface area (Å²) >= 11 is 0. The lowest BCUT2D eigenvalue weighted by Gasteiger charge is -2.20. The third-order valence-electron chi connectivity index (χ3n) is 5.57. The van der Waals surface area contributed by atoms with E-state index in [1.165, 1.54) is 33.7 Å². The van der Waals surface area contributed by atoms with E-state index in [2.05, 4.69) is 101 Å². The van der Waals surface area contributed by atoms with E-state index in [0.29, 0.717) is 0 Å². The molecule has 0 unspecified atom stereocenters. The molecule has 1 heterocycles. The van der Waals surface area contributed by atoms with Crippen molar-refractivity contribution in [3.63, 3.8) is 0 Å². The van der Waals surface area contributed by atoms with Crippen molar-refractivity contribution in [3.8, 4) is 0 Å². The van der Waals surface area contributed by atoms with Gasteiger partial charge in [-0.1, -0.05) is 36.9 Å². The number of nitrogens with zero attached hydrogens (tertiary/aromatic N) is 3. The van der Waals surface area contributed by atoms with Crippen molar-refractivity contribution in [2.75, 3.05) is 23.4 Å². The molecule has 1 aliphatic rings. The van der Waals surface area contributed by atoms with Gasteiger partial charge in [0.2, 0.25) is 0 Å². The van der Waals surface area contributed by atoms with Gasteiger partial charge in [0.25, 0.3) is 0 Å². The van der Waals surface area contributed by atoms with Gasteiger partial charge in [-0.05, 0) is 82.0 Å². The predicted molar refractivity (Wildman–Crippen MR) is 139 cm³/mol. The first kappa shape index (κ1) is 24.2. The van der Waals surface area contributed by atoms with Gasteiger partial charge in [0.05, 0.1) is 5.70 Å². The van der Waals surface area contributed by atoms with Crippen LogP contribution >= 0.6 is 0 Å². The highest BCUT2D eigenvalue weighted by Crippen LogP contribution is 2.25. The second-order valence-corrected chi connectivity index (χ2v) is 8.00. The Morgan fingerprint density at radius 3 is 2.16 bits per heavy atom. The second-order valence-electron chi connectivity index (χ2n) is 8.00. The molecular weight excluding hydrogens is 378 g/mol. The molecule has 0 fully saturated rings. The molecule has 3 rings (SSSR count). The average molecular weight is 416 g/mol. The summed E-state index contributed by atoms with van der Waals surface area (Å²) in [7, 11) is 2.14. The summed E-state index contributed by atoms with van der Waals surface area (Å²) in [6.07, 6.45) is 8.91. The van der Waals surface area contributed by atoms with Crippen molar-refractivity contribution in [1.29, 1.82) is 0 Å². The van der Waals surface area contributed by atoms with Gasteiger partial charge in [0.1, 0.15) is 0 Å². The summed E-state index contributed by atoms with van der Waals surface area (Å²) in [5.74, 6) is 0. The molecule has 0 saturated heterocycles. The van der Waals surface area contributed by atoms with Crippen molar-refractivity contribution in [2.24, 2.45) is 4.99 Å². The molecule has 0 N–H and O–H groups in total. The minimum absolute atomic E-state index is 0.967. The maximum atomic E-state index is 4.52. The normalized spacial score (nSPS) is 12.7. The molecule has 164 valence electrons. The number of benzene rings is 2. The van der Waals surface area contributed by atoms with Gasteiger partial charge in [0.15, 0.2) is 0 Å². The zero-order valence-corrected chi connectivity index (χ0v) is 20.2. The Labute approximate surface area is 189 Å². The highest BCUT2D eigenvalue weighted by molar-refractivity contribution is 5.94. The van der Waals surface area contributed by atoms with Gasteiger partial charge in [-0.3, -0.25) is 4.99 Å². The molecule has 0 bridgehead atoms. The number of hydrogen-bond donors (Lipinski definition) is 0. The van der Waals surface area contributed by atoms with Crippen LogP contribution in [0.4, 0.5) is 11.4 Å². The number of aryl methyl sites for hydroxylation is 3. The maximum Gasteiger partial charge on any atom is 0.0665 e. The maximum absolute atomic E-state index is 4.52. The summed E-state index contributed by atoms with van der Waals surface area (Å²) in [6.45, 7) is 17.6. The van der Waals surface area contributed by atoms with Crippen LogP contribution in [0, 0.1) is 20.8 Å². The van der Waals surface area contributed by atoms with Gasteiger partial charge >= 0.3 is 0 Å². The van der Waals surface area contributed by atoms with E-state index in [0.717, 1.165) is 24.4 Å². The summed E-state index contributed by atoms with van der Waals surface area (Å²) < 4.78 is 0. The number of rotatable bonds is 6. The lowest BCUT2D eigenvalue weighted by molar-refractivity contribution is 0.958. The van der Waals surface area contributed by atoms with Crippen molar-refractivity contribution in [1.82, 2.24) is 0 Å². The molecule has 0 saturated carbocycles. The Bertz CT molecular complexity index is 978. The van der Waals surface area contributed by atoms with Crippen molar-refractivity contribution >= 4 is 22.8 Å². The molecule has 0 amide bonds. The van der Waals surface area contributed by atoms with Crippen LogP contribution in [0.5, 0.6) is 0 Å². The summed E-state index contributed by atoms with van der Waals surface area (Å²) in [5, 5.41) is 0. The first-order chi connectivity index (χ1) is 14.8. The molecule has 2 aromatic rings. The van der Waals surface area contributed by atoms with Gasteiger partial charge in [0, 0.05) is 49.5 Å². The fourth-order valence-electron chi connectivity index (χ4n) is 3.47. The van der Waals surface area contributed by atoms with E-state index in [9.17, 15) is 0 Å². The molecule has 3 heteroatoms. The minimum Gasteiger partial charge on any atom is -0.375 e. The molecule has 0 radical (unpaired) electrons. The van der Waals surface area contributed by atoms with Crippen LogP contribution in [-0.4, -0.2) is 19.3 Å². The number of aliphatic imine (C=N–C) groups is 1. The smallest absolute Gasteiger partial charge is 0.0665 e. The Morgan fingerprint density at radius 2 is 1.65 bits per heavy atom. The molecular formula is C28H37N3. The van der Waals surface area contributed by atoms with Gasteiger partial charge < -0.3 is 9.80 Å². The third-order valence-corrected chi connectivity index (χ3v) is 5.57. The molecule has 1 aliphatic heterocycles. The number of anilines is 2. The Hall–Kier alpha value is -3.07. The first-order valence-corrected chi connectivity index (χ1v) is 11.0. The van der Waals surface area contributed by atoms with Gasteiger partial charge in [-0.15, -0.1) is 0 Å². The Morgan fingerprint density at radius 1 is 1.00 bits per heavy atom. The van der Waals surface area contributed by atoms with Crippen LogP contribution in [0.3, 0.4) is 0 Å². The number of hydrogen-bond acceptors (Lipinski definition) is 3. The fourth-order valence-corrected chi connectivity index (χ4v) is 3.47. The van der Waals surface area contributed by atoms with E-state index in [-0.39, 0.29) is 0 Å². The quantitative estimate of drug-likeness (QED) is 0.488. The minimum atomic E-state index is 0.967. The van der Waals surface area contributed by atoms with Crippen LogP contribution < -0.4 is 9.80 Å². The summed E-state index contributed by atoms with van der Waals surface area (Å²) in [6, 6.07) is 12.9. The largest absolute Gasteiger partial charge is 0.375 e. The lowest BCUT2D eigenvalue weighted by Crippen LogP contribution is -2.17. The highest BCUT2D eigenvalue weighted by Gasteiger charge is 2.07. The van der Waals surface area contributed by atoms with Crippen molar-refractivity contribution in [3.05, 3.63) is 89.8 Å². The van der Waals surface area contributed by atoms with Crippen molar-refractivity contribution < 1.29 is 0 Å². The lowest BCUT2D eigenvalue weighted by atomic mass is 10.0. The fraction of sp³-hybridized carbons (Fsp3) is 0.321. The highest BCUT2D eigenvalue weighted by atomic mass is 15.1. The Balaban J connectivity index is 0.000000233.